The van der Waals surface area contributed by atoms with Crippen LogP contribution in [-0.2, 0) is 0 Å². The Morgan fingerprint density at radius 3 is 2.75 bits per heavy atom. The Labute approximate surface area is 100 Å². The number of nitrogens with zero attached hydrogens (tertiary/aromatic N) is 1. The predicted molar refractivity (Wildman–Crippen MR) is 65.0 cm³/mol. The van der Waals surface area contributed by atoms with Gasteiger partial charge >= 0.3 is 0 Å². The molecule has 0 aromatic heterocycles. The molecule has 0 saturated carbocycles. The van der Waals surface area contributed by atoms with E-state index in [4.69, 9.17) is 27.3 Å². The van der Waals surface area contributed by atoms with Gasteiger partial charge in [0.05, 0.1) is 24.4 Å². The van der Waals surface area contributed by atoms with E-state index in [0.29, 0.717) is 34.0 Å². The summed E-state index contributed by atoms with van der Waals surface area (Å²) < 4.78 is 5.18. The van der Waals surface area contributed by atoms with Crippen molar-refractivity contribution in [3.05, 3.63) is 34.4 Å². The van der Waals surface area contributed by atoms with Crippen LogP contribution in [0, 0.1) is 11.3 Å². The molecule has 0 spiro atoms. The molecule has 3 nitrogen and oxygen atoms in total. The summed E-state index contributed by atoms with van der Waals surface area (Å²) in [6, 6.07) is 7.23. The van der Waals surface area contributed by atoms with Gasteiger partial charge in [-0.25, -0.2) is 0 Å². The lowest BCUT2D eigenvalue weighted by Crippen LogP contribution is -2.02. The molecule has 0 unspecified atom stereocenters. The highest BCUT2D eigenvalue weighted by Gasteiger charge is 2.10. The van der Waals surface area contributed by atoms with E-state index in [1.54, 1.807) is 25.3 Å². The molecule has 0 amide bonds. The first-order valence-electron chi connectivity index (χ1n) is 4.86. The van der Waals surface area contributed by atoms with Crippen molar-refractivity contribution in [1.29, 1.82) is 5.26 Å². The van der Waals surface area contributed by atoms with Gasteiger partial charge in [-0.3, -0.25) is 0 Å². The van der Waals surface area contributed by atoms with Crippen LogP contribution < -0.4 is 10.5 Å². The number of hydrogen-bond acceptors (Lipinski definition) is 3. The van der Waals surface area contributed by atoms with Gasteiger partial charge in [0, 0.05) is 10.6 Å². The Morgan fingerprint density at radius 1 is 1.56 bits per heavy atom. The second kappa shape index (κ2) is 5.43. The van der Waals surface area contributed by atoms with Crippen molar-refractivity contribution in [2.24, 2.45) is 5.73 Å². The standard InChI is InChI=1S/C12H13ClN2O/c1-3-8(7-14)12(15)10-5-4-9(13)6-11(10)16-2/h4-6H,3,15H2,1-2H3/b12-8-. The average Bonchev–Trinajstić information content (AvgIpc) is 2.30. The Hall–Kier alpha value is -1.66. The zero-order valence-electron chi connectivity index (χ0n) is 9.25. The molecule has 2 N–H and O–H groups in total. The molecule has 0 aliphatic heterocycles. The van der Waals surface area contributed by atoms with Gasteiger partial charge in [-0.05, 0) is 24.6 Å². The zero-order chi connectivity index (χ0) is 12.1. The smallest absolute Gasteiger partial charge is 0.129 e. The molecule has 0 atom stereocenters. The Balaban J connectivity index is 3.34. The lowest BCUT2D eigenvalue weighted by atomic mass is 10.1. The largest absolute Gasteiger partial charge is 0.496 e. The number of hydrogen-bond donors (Lipinski definition) is 1. The second-order valence-corrected chi connectivity index (χ2v) is 3.64. The van der Waals surface area contributed by atoms with Crippen molar-refractivity contribution < 1.29 is 4.74 Å². The van der Waals surface area contributed by atoms with Gasteiger partial charge < -0.3 is 10.5 Å². The molecule has 1 aromatic carbocycles. The minimum Gasteiger partial charge on any atom is -0.496 e. The maximum absolute atomic E-state index is 8.92. The number of ether oxygens (including phenoxy) is 1. The fraction of sp³-hybridized carbons (Fsp3) is 0.250. The van der Waals surface area contributed by atoms with E-state index in [1.807, 2.05) is 6.92 Å². The van der Waals surface area contributed by atoms with Crippen molar-refractivity contribution >= 4 is 17.3 Å². The fourth-order valence-corrected chi connectivity index (χ4v) is 1.54. The van der Waals surface area contributed by atoms with Crippen LogP contribution in [0.5, 0.6) is 5.75 Å². The molecular weight excluding hydrogens is 224 g/mol. The predicted octanol–water partition coefficient (Wildman–Crippen LogP) is 2.95. The summed E-state index contributed by atoms with van der Waals surface area (Å²) in [7, 11) is 1.54. The number of allylic oxidation sites excluding steroid dienone is 1. The number of halogens is 1. The summed E-state index contributed by atoms with van der Waals surface area (Å²) in [5.74, 6) is 0.575. The van der Waals surface area contributed by atoms with E-state index >= 15 is 0 Å². The average molecular weight is 237 g/mol. The minimum atomic E-state index is 0.443. The third-order valence-corrected chi connectivity index (χ3v) is 2.50. The highest BCUT2D eigenvalue weighted by atomic mass is 35.5. The van der Waals surface area contributed by atoms with Crippen LogP contribution in [-0.4, -0.2) is 7.11 Å². The van der Waals surface area contributed by atoms with Crippen molar-refractivity contribution in [2.45, 2.75) is 13.3 Å². The third kappa shape index (κ3) is 2.47. The van der Waals surface area contributed by atoms with E-state index in [1.165, 1.54) is 0 Å². The van der Waals surface area contributed by atoms with Crippen LogP contribution in [0.15, 0.2) is 23.8 Å². The van der Waals surface area contributed by atoms with E-state index in [0.717, 1.165) is 0 Å². The van der Waals surface area contributed by atoms with Crippen molar-refractivity contribution in [3.8, 4) is 11.8 Å². The van der Waals surface area contributed by atoms with Crippen LogP contribution in [0.25, 0.3) is 5.70 Å². The molecule has 84 valence electrons. The Kier molecular flexibility index (Phi) is 4.21. The maximum atomic E-state index is 8.92. The van der Waals surface area contributed by atoms with Gasteiger partial charge in [0.15, 0.2) is 0 Å². The first kappa shape index (κ1) is 12.4. The second-order valence-electron chi connectivity index (χ2n) is 3.20. The summed E-state index contributed by atoms with van der Waals surface area (Å²) in [6.07, 6.45) is 0.591. The van der Waals surface area contributed by atoms with Crippen molar-refractivity contribution in [3.63, 3.8) is 0 Å². The molecule has 0 saturated heterocycles. The number of nitriles is 1. The number of benzene rings is 1. The maximum Gasteiger partial charge on any atom is 0.129 e. The Morgan fingerprint density at radius 2 is 2.25 bits per heavy atom. The van der Waals surface area contributed by atoms with E-state index in [2.05, 4.69) is 6.07 Å². The third-order valence-electron chi connectivity index (χ3n) is 2.27. The van der Waals surface area contributed by atoms with Crippen molar-refractivity contribution in [1.82, 2.24) is 0 Å². The SMILES string of the molecule is CC/C(C#N)=C(/N)c1ccc(Cl)cc1OC. The fourth-order valence-electron chi connectivity index (χ4n) is 1.38. The van der Waals surface area contributed by atoms with Crippen LogP contribution >= 0.6 is 11.6 Å². The number of rotatable bonds is 3. The molecule has 4 heteroatoms. The molecular formula is C12H13ClN2O. The highest BCUT2D eigenvalue weighted by Crippen LogP contribution is 2.28. The van der Waals surface area contributed by atoms with E-state index < -0.39 is 0 Å². The van der Waals surface area contributed by atoms with Crippen LogP contribution in [0.2, 0.25) is 5.02 Å². The first-order valence-corrected chi connectivity index (χ1v) is 5.24. The monoisotopic (exact) mass is 236 g/mol. The lowest BCUT2D eigenvalue weighted by molar-refractivity contribution is 0.413. The van der Waals surface area contributed by atoms with Gasteiger partial charge in [0.25, 0.3) is 0 Å². The van der Waals surface area contributed by atoms with Gasteiger partial charge in [-0.15, -0.1) is 0 Å². The first-order chi connectivity index (χ1) is 7.63. The van der Waals surface area contributed by atoms with E-state index in [9.17, 15) is 0 Å². The summed E-state index contributed by atoms with van der Waals surface area (Å²) in [5.41, 5.74) is 7.61. The summed E-state index contributed by atoms with van der Waals surface area (Å²) in [6.45, 7) is 1.88. The lowest BCUT2D eigenvalue weighted by Gasteiger charge is -2.10. The van der Waals surface area contributed by atoms with Crippen LogP contribution in [0.3, 0.4) is 0 Å². The van der Waals surface area contributed by atoms with Crippen LogP contribution in [0.4, 0.5) is 0 Å². The Bertz CT molecular complexity index is 461. The zero-order valence-corrected chi connectivity index (χ0v) is 10.0. The topological polar surface area (TPSA) is 59.0 Å². The van der Waals surface area contributed by atoms with E-state index in [-0.39, 0.29) is 0 Å². The molecule has 1 aromatic rings. The van der Waals surface area contributed by atoms with Crippen LogP contribution in [0.1, 0.15) is 18.9 Å². The number of nitrogens with two attached hydrogens (primary N) is 1. The summed E-state index contributed by atoms with van der Waals surface area (Å²) in [5, 5.41) is 9.49. The minimum absolute atomic E-state index is 0.443. The highest BCUT2D eigenvalue weighted by molar-refractivity contribution is 6.30. The molecule has 1 rings (SSSR count). The molecule has 16 heavy (non-hydrogen) atoms. The molecule has 0 aliphatic rings. The van der Waals surface area contributed by atoms with Crippen molar-refractivity contribution in [2.75, 3.05) is 7.11 Å². The molecule has 0 radical (unpaired) electrons. The summed E-state index contributed by atoms with van der Waals surface area (Å²) in [4.78, 5) is 0. The normalized spacial score (nSPS) is 11.6. The quantitative estimate of drug-likeness (QED) is 0.821. The number of methoxy groups -OCH3 is 1. The molecule has 0 aliphatic carbocycles. The van der Waals surface area contributed by atoms with Gasteiger partial charge in [-0.1, -0.05) is 18.5 Å². The van der Waals surface area contributed by atoms with Gasteiger partial charge in [-0.2, -0.15) is 5.26 Å². The van der Waals surface area contributed by atoms with Gasteiger partial charge in [0.2, 0.25) is 0 Å². The van der Waals surface area contributed by atoms with Gasteiger partial charge in [0.1, 0.15) is 5.75 Å². The summed E-state index contributed by atoms with van der Waals surface area (Å²) >= 11 is 5.85. The molecule has 0 bridgehead atoms. The molecule has 0 fully saturated rings. The molecule has 0 heterocycles.